The van der Waals surface area contributed by atoms with E-state index in [2.05, 4.69) is 17.3 Å². The Kier molecular flexibility index (Phi) is 6.13. The second-order valence-electron chi connectivity index (χ2n) is 6.03. The molecule has 8 heteroatoms. The highest BCUT2D eigenvalue weighted by Crippen LogP contribution is 2.27. The van der Waals surface area contributed by atoms with Gasteiger partial charge in [0, 0.05) is 6.07 Å². The quantitative estimate of drug-likeness (QED) is 0.756. The summed E-state index contributed by atoms with van der Waals surface area (Å²) >= 11 is 1.64. The molecule has 130 valence electrons. The molecule has 6 nitrogen and oxygen atoms in total. The molecule has 2 rings (SSSR count). The van der Waals surface area contributed by atoms with Crippen molar-refractivity contribution in [2.24, 2.45) is 0 Å². The van der Waals surface area contributed by atoms with Crippen LogP contribution in [0.1, 0.15) is 44.8 Å². The molecule has 1 saturated heterocycles. The van der Waals surface area contributed by atoms with Gasteiger partial charge in [0.05, 0.1) is 28.5 Å². The minimum absolute atomic E-state index is 0.0619. The Morgan fingerprint density at radius 2 is 2.30 bits per heavy atom. The number of nitrogens with zero attached hydrogens (tertiary/aromatic N) is 2. The summed E-state index contributed by atoms with van der Waals surface area (Å²) in [6, 6.07) is 1.61. The van der Waals surface area contributed by atoms with Gasteiger partial charge in [-0.1, -0.05) is 13.3 Å². The van der Waals surface area contributed by atoms with Crippen LogP contribution in [0.5, 0.6) is 0 Å². The number of thioether (sulfide) groups is 1. The van der Waals surface area contributed by atoms with E-state index >= 15 is 0 Å². The number of hydrogen-bond donors (Lipinski definition) is 1. The number of anilines is 1. The molecule has 1 aliphatic rings. The summed E-state index contributed by atoms with van der Waals surface area (Å²) < 4.78 is 25.0. The number of unbranched alkanes of at least 4 members (excludes halogenated alkanes) is 1. The summed E-state index contributed by atoms with van der Waals surface area (Å²) in [6.45, 7) is 5.86. The first-order valence-corrected chi connectivity index (χ1v) is 10.9. The van der Waals surface area contributed by atoms with Gasteiger partial charge in [-0.25, -0.2) is 13.1 Å². The summed E-state index contributed by atoms with van der Waals surface area (Å²) in [5.74, 6) is 1.78. The lowest BCUT2D eigenvalue weighted by atomic mass is 10.3. The van der Waals surface area contributed by atoms with Gasteiger partial charge in [-0.15, -0.1) is 11.8 Å². The highest BCUT2D eigenvalue weighted by molar-refractivity contribution is 8.00. The Morgan fingerprint density at radius 3 is 2.91 bits per heavy atom. The molecule has 2 atom stereocenters. The summed E-state index contributed by atoms with van der Waals surface area (Å²) in [4.78, 5) is 12.3. The third-order valence-electron chi connectivity index (χ3n) is 3.90. The number of carbonyl (C=O) groups is 1. The maximum atomic E-state index is 12.3. The second-order valence-corrected chi connectivity index (χ2v) is 9.71. The van der Waals surface area contributed by atoms with Gasteiger partial charge in [0.2, 0.25) is 5.91 Å². The fourth-order valence-corrected chi connectivity index (χ4v) is 5.28. The van der Waals surface area contributed by atoms with Crippen LogP contribution >= 0.6 is 11.8 Å². The molecule has 23 heavy (non-hydrogen) atoms. The van der Waals surface area contributed by atoms with E-state index in [1.165, 1.54) is 0 Å². The minimum Gasteiger partial charge on any atom is -0.310 e. The van der Waals surface area contributed by atoms with Crippen molar-refractivity contribution in [3.8, 4) is 0 Å². The second kappa shape index (κ2) is 7.70. The van der Waals surface area contributed by atoms with Crippen LogP contribution in [-0.4, -0.2) is 46.6 Å². The lowest BCUT2D eigenvalue weighted by Gasteiger charge is -2.16. The van der Waals surface area contributed by atoms with Crippen LogP contribution < -0.4 is 5.32 Å². The molecule has 1 aromatic heterocycles. The highest BCUT2D eigenvalue weighted by atomic mass is 32.2. The fourth-order valence-electron chi connectivity index (χ4n) is 2.56. The first kappa shape index (κ1) is 18.3. The van der Waals surface area contributed by atoms with Gasteiger partial charge in [0.15, 0.2) is 9.84 Å². The highest BCUT2D eigenvalue weighted by Gasteiger charge is 2.31. The van der Waals surface area contributed by atoms with E-state index in [1.54, 1.807) is 22.5 Å². The van der Waals surface area contributed by atoms with Crippen molar-refractivity contribution in [2.75, 3.05) is 22.6 Å². The Morgan fingerprint density at radius 1 is 1.57 bits per heavy atom. The SMILES string of the molecule is CCCCSC(C)C(=O)Nc1cc(C)nn1C1CCS(=O)(=O)C1. The molecule has 0 saturated carbocycles. The van der Waals surface area contributed by atoms with E-state index in [4.69, 9.17) is 0 Å². The van der Waals surface area contributed by atoms with Gasteiger partial charge in [0.25, 0.3) is 0 Å². The summed E-state index contributed by atoms with van der Waals surface area (Å²) in [7, 11) is -2.99. The molecule has 1 aromatic rings. The zero-order valence-corrected chi connectivity index (χ0v) is 15.5. The number of rotatable bonds is 7. The smallest absolute Gasteiger partial charge is 0.238 e. The summed E-state index contributed by atoms with van der Waals surface area (Å²) in [5.41, 5.74) is 0.774. The normalized spacial score (nSPS) is 21.3. The molecule has 1 amide bonds. The molecule has 2 unspecified atom stereocenters. The van der Waals surface area contributed by atoms with Crippen LogP contribution in [0.4, 0.5) is 5.82 Å². The standard InChI is InChI=1S/C15H25N3O3S2/c1-4-5-7-22-12(3)15(19)16-14-9-11(2)17-18(14)13-6-8-23(20,21)10-13/h9,12-13H,4-8,10H2,1-3H3,(H,16,19). The average Bonchev–Trinajstić information content (AvgIpc) is 3.01. The van der Waals surface area contributed by atoms with Gasteiger partial charge in [0.1, 0.15) is 5.82 Å². The van der Waals surface area contributed by atoms with Gasteiger partial charge >= 0.3 is 0 Å². The predicted molar refractivity (Wildman–Crippen MR) is 94.7 cm³/mol. The lowest BCUT2D eigenvalue weighted by molar-refractivity contribution is -0.115. The molecule has 0 radical (unpaired) electrons. The Labute approximate surface area is 142 Å². The van der Waals surface area contributed by atoms with Crippen LogP contribution in [-0.2, 0) is 14.6 Å². The van der Waals surface area contributed by atoms with Gasteiger partial charge in [-0.2, -0.15) is 5.10 Å². The van der Waals surface area contributed by atoms with Crippen LogP contribution in [0.2, 0.25) is 0 Å². The number of nitrogens with one attached hydrogen (secondary N) is 1. The molecule has 1 aliphatic heterocycles. The third-order valence-corrected chi connectivity index (χ3v) is 6.89. The average molecular weight is 360 g/mol. The maximum absolute atomic E-state index is 12.3. The monoisotopic (exact) mass is 359 g/mol. The summed E-state index contributed by atoms with van der Waals surface area (Å²) in [6.07, 6.45) is 2.76. The van der Waals surface area contributed by atoms with E-state index in [1.807, 2.05) is 13.8 Å². The van der Waals surface area contributed by atoms with Crippen molar-refractivity contribution in [1.82, 2.24) is 9.78 Å². The van der Waals surface area contributed by atoms with Crippen molar-refractivity contribution in [3.05, 3.63) is 11.8 Å². The van der Waals surface area contributed by atoms with E-state index in [0.717, 1.165) is 24.3 Å². The van der Waals surface area contributed by atoms with E-state index in [9.17, 15) is 13.2 Å². The first-order valence-electron chi connectivity index (χ1n) is 8.01. The Balaban J connectivity index is 2.04. The number of amides is 1. The first-order chi connectivity index (χ1) is 10.8. The number of aryl methyl sites for hydroxylation is 1. The predicted octanol–water partition coefficient (Wildman–Crippen LogP) is 2.41. The lowest BCUT2D eigenvalue weighted by Crippen LogP contribution is -2.25. The summed E-state index contributed by atoms with van der Waals surface area (Å²) in [5, 5.41) is 7.14. The van der Waals surface area contributed by atoms with Gasteiger partial charge in [-0.3, -0.25) is 4.79 Å². The fraction of sp³-hybridized carbons (Fsp3) is 0.733. The van der Waals surface area contributed by atoms with Crippen molar-refractivity contribution < 1.29 is 13.2 Å². The zero-order valence-electron chi connectivity index (χ0n) is 13.9. The van der Waals surface area contributed by atoms with E-state index in [0.29, 0.717) is 12.2 Å². The van der Waals surface area contributed by atoms with Crippen molar-refractivity contribution in [2.45, 2.75) is 51.3 Å². The molecular formula is C15H25N3O3S2. The van der Waals surface area contributed by atoms with Gasteiger partial charge < -0.3 is 5.32 Å². The molecular weight excluding hydrogens is 334 g/mol. The van der Waals surface area contributed by atoms with Crippen molar-refractivity contribution in [3.63, 3.8) is 0 Å². The topological polar surface area (TPSA) is 81.1 Å². The number of hydrogen-bond acceptors (Lipinski definition) is 5. The molecule has 1 fully saturated rings. The molecule has 2 heterocycles. The van der Waals surface area contributed by atoms with Crippen molar-refractivity contribution in [1.29, 1.82) is 0 Å². The number of sulfone groups is 1. The molecule has 0 spiro atoms. The third kappa shape index (κ3) is 4.97. The van der Waals surface area contributed by atoms with Crippen molar-refractivity contribution >= 4 is 33.3 Å². The van der Waals surface area contributed by atoms with Crippen LogP contribution in [0.25, 0.3) is 0 Å². The largest absolute Gasteiger partial charge is 0.310 e. The molecule has 0 aromatic carbocycles. The number of carbonyl (C=O) groups excluding carboxylic acids is 1. The zero-order chi connectivity index (χ0) is 17.0. The number of aromatic nitrogens is 2. The van der Waals surface area contributed by atoms with Gasteiger partial charge in [-0.05, 0) is 32.4 Å². The molecule has 1 N–H and O–H groups in total. The van der Waals surface area contributed by atoms with Crippen LogP contribution in [0, 0.1) is 6.92 Å². The minimum atomic E-state index is -2.99. The molecule has 0 aliphatic carbocycles. The maximum Gasteiger partial charge on any atom is 0.238 e. The van der Waals surface area contributed by atoms with E-state index in [-0.39, 0.29) is 28.7 Å². The van der Waals surface area contributed by atoms with Crippen LogP contribution in [0.15, 0.2) is 6.07 Å². The van der Waals surface area contributed by atoms with E-state index < -0.39 is 9.84 Å². The Hall–Kier alpha value is -1.02. The van der Waals surface area contributed by atoms with Crippen LogP contribution in [0.3, 0.4) is 0 Å². The Bertz CT molecular complexity index is 655. The molecule has 0 bridgehead atoms.